The Hall–Kier alpha value is -1.73. The average Bonchev–Trinajstić information content (AvgIpc) is 3.03. The van der Waals surface area contributed by atoms with Crippen LogP contribution in [0.25, 0.3) is 10.2 Å². The van der Waals surface area contributed by atoms with Crippen molar-refractivity contribution < 1.29 is 4.92 Å². The Labute approximate surface area is 114 Å². The van der Waals surface area contributed by atoms with Gasteiger partial charge in [0.05, 0.1) is 15.1 Å². The zero-order valence-electron chi connectivity index (χ0n) is 10.3. The van der Waals surface area contributed by atoms with Gasteiger partial charge in [0.2, 0.25) is 0 Å². The predicted molar refractivity (Wildman–Crippen MR) is 75.6 cm³/mol. The van der Waals surface area contributed by atoms with Gasteiger partial charge in [-0.15, -0.1) is 0 Å². The van der Waals surface area contributed by atoms with Crippen molar-refractivity contribution >= 4 is 32.4 Å². The van der Waals surface area contributed by atoms with E-state index >= 15 is 0 Å². The van der Waals surface area contributed by atoms with Crippen molar-refractivity contribution in [3.8, 4) is 0 Å². The van der Waals surface area contributed by atoms with Crippen LogP contribution in [0.5, 0.6) is 0 Å². The van der Waals surface area contributed by atoms with Gasteiger partial charge >= 0.3 is 0 Å². The Kier molecular flexibility index (Phi) is 3.08. The summed E-state index contributed by atoms with van der Waals surface area (Å²) in [4.78, 5) is 17.1. The molecule has 1 aromatic heterocycles. The second-order valence-electron chi connectivity index (χ2n) is 4.74. The number of non-ortho nitro benzene ring substituents is 1. The van der Waals surface area contributed by atoms with E-state index in [1.165, 1.54) is 12.1 Å². The second kappa shape index (κ2) is 4.75. The van der Waals surface area contributed by atoms with Crippen molar-refractivity contribution in [1.29, 1.82) is 0 Å². The van der Waals surface area contributed by atoms with E-state index in [4.69, 9.17) is 5.73 Å². The van der Waals surface area contributed by atoms with Gasteiger partial charge in [-0.3, -0.25) is 10.1 Å². The van der Waals surface area contributed by atoms with E-state index in [9.17, 15) is 10.1 Å². The Morgan fingerprint density at radius 1 is 1.58 bits per heavy atom. The molecule has 1 aliphatic rings. The third-order valence-electron chi connectivity index (χ3n) is 3.46. The highest BCUT2D eigenvalue weighted by Crippen LogP contribution is 2.33. The molecule has 19 heavy (non-hydrogen) atoms. The Bertz CT molecular complexity index is 627. The number of nitro groups is 1. The molecular formula is C12H14N4O2S. The number of hydrogen-bond donors (Lipinski definition) is 1. The molecule has 1 aliphatic heterocycles. The van der Waals surface area contributed by atoms with E-state index in [-0.39, 0.29) is 5.69 Å². The highest BCUT2D eigenvalue weighted by atomic mass is 32.1. The topological polar surface area (TPSA) is 85.3 Å². The van der Waals surface area contributed by atoms with Crippen LogP contribution < -0.4 is 10.6 Å². The summed E-state index contributed by atoms with van der Waals surface area (Å²) in [5.41, 5.74) is 6.47. The molecule has 0 radical (unpaired) electrons. The molecule has 3 rings (SSSR count). The van der Waals surface area contributed by atoms with Crippen LogP contribution in [0.15, 0.2) is 18.2 Å². The summed E-state index contributed by atoms with van der Waals surface area (Å²) in [6, 6.07) is 4.83. The summed E-state index contributed by atoms with van der Waals surface area (Å²) < 4.78 is 0.983. The molecule has 0 amide bonds. The van der Waals surface area contributed by atoms with E-state index in [2.05, 4.69) is 9.88 Å². The van der Waals surface area contributed by atoms with Gasteiger partial charge in [0.15, 0.2) is 5.13 Å². The lowest BCUT2D eigenvalue weighted by Crippen LogP contribution is -2.22. The fraction of sp³-hybridized carbons (Fsp3) is 0.417. The summed E-state index contributed by atoms with van der Waals surface area (Å²) in [5.74, 6) is 0.529. The average molecular weight is 278 g/mol. The van der Waals surface area contributed by atoms with Gasteiger partial charge in [0, 0.05) is 25.2 Å². The van der Waals surface area contributed by atoms with Crippen LogP contribution in [-0.4, -0.2) is 29.5 Å². The summed E-state index contributed by atoms with van der Waals surface area (Å²) >= 11 is 1.58. The summed E-state index contributed by atoms with van der Waals surface area (Å²) in [6.07, 6.45) is 1.09. The van der Waals surface area contributed by atoms with Crippen LogP contribution in [-0.2, 0) is 0 Å². The highest BCUT2D eigenvalue weighted by Gasteiger charge is 2.24. The SMILES string of the molecule is NCC1CCN(c2nc3cc([N+](=O)[O-])ccc3s2)C1. The molecule has 1 aromatic carbocycles. The van der Waals surface area contributed by atoms with Gasteiger partial charge in [0.25, 0.3) is 5.69 Å². The molecule has 0 spiro atoms. The van der Waals surface area contributed by atoms with Gasteiger partial charge in [0.1, 0.15) is 0 Å². The number of rotatable bonds is 3. The maximum absolute atomic E-state index is 10.7. The third kappa shape index (κ3) is 2.26. The summed E-state index contributed by atoms with van der Waals surface area (Å²) in [7, 11) is 0. The Balaban J connectivity index is 1.91. The van der Waals surface area contributed by atoms with Gasteiger partial charge in [-0.2, -0.15) is 0 Å². The number of fused-ring (bicyclic) bond motifs is 1. The molecule has 1 fully saturated rings. The van der Waals surface area contributed by atoms with E-state index in [1.54, 1.807) is 17.4 Å². The van der Waals surface area contributed by atoms with Crippen LogP contribution in [0, 0.1) is 16.0 Å². The zero-order chi connectivity index (χ0) is 13.4. The van der Waals surface area contributed by atoms with E-state index in [0.29, 0.717) is 18.0 Å². The number of anilines is 1. The molecule has 1 atom stereocenters. The van der Waals surface area contributed by atoms with Crippen molar-refractivity contribution in [3.05, 3.63) is 28.3 Å². The summed E-state index contributed by atoms with van der Waals surface area (Å²) in [6.45, 7) is 2.59. The number of benzene rings is 1. The minimum atomic E-state index is -0.390. The van der Waals surface area contributed by atoms with Crippen molar-refractivity contribution in [1.82, 2.24) is 4.98 Å². The van der Waals surface area contributed by atoms with Crippen LogP contribution in [0.2, 0.25) is 0 Å². The predicted octanol–water partition coefficient (Wildman–Crippen LogP) is 1.99. The molecule has 2 N–H and O–H groups in total. The lowest BCUT2D eigenvalue weighted by molar-refractivity contribution is -0.384. The van der Waals surface area contributed by atoms with Gasteiger partial charge in [-0.1, -0.05) is 11.3 Å². The highest BCUT2D eigenvalue weighted by molar-refractivity contribution is 7.22. The molecular weight excluding hydrogens is 264 g/mol. The molecule has 0 aliphatic carbocycles. The van der Waals surface area contributed by atoms with Crippen molar-refractivity contribution in [2.45, 2.75) is 6.42 Å². The van der Waals surface area contributed by atoms with Crippen molar-refractivity contribution in [2.24, 2.45) is 11.7 Å². The van der Waals surface area contributed by atoms with Gasteiger partial charge < -0.3 is 10.6 Å². The maximum atomic E-state index is 10.7. The van der Waals surface area contributed by atoms with Crippen molar-refractivity contribution in [2.75, 3.05) is 24.5 Å². The van der Waals surface area contributed by atoms with Crippen LogP contribution in [0.1, 0.15) is 6.42 Å². The molecule has 2 heterocycles. The first kappa shape index (κ1) is 12.3. The number of aromatic nitrogens is 1. The fourth-order valence-corrected chi connectivity index (χ4v) is 3.33. The van der Waals surface area contributed by atoms with Crippen molar-refractivity contribution in [3.63, 3.8) is 0 Å². The van der Waals surface area contributed by atoms with Gasteiger partial charge in [-0.25, -0.2) is 4.98 Å². The molecule has 1 saturated heterocycles. The first-order valence-corrected chi connectivity index (χ1v) is 6.99. The number of hydrogen-bond acceptors (Lipinski definition) is 6. The monoisotopic (exact) mass is 278 g/mol. The molecule has 0 bridgehead atoms. The molecule has 0 saturated carbocycles. The molecule has 7 heteroatoms. The zero-order valence-corrected chi connectivity index (χ0v) is 11.1. The fourth-order valence-electron chi connectivity index (χ4n) is 2.35. The molecule has 100 valence electrons. The first-order chi connectivity index (χ1) is 9.17. The maximum Gasteiger partial charge on any atom is 0.271 e. The minimum Gasteiger partial charge on any atom is -0.348 e. The summed E-state index contributed by atoms with van der Waals surface area (Å²) in [5, 5.41) is 11.7. The minimum absolute atomic E-state index is 0.0885. The normalized spacial score (nSPS) is 19.2. The van der Waals surface area contributed by atoms with Gasteiger partial charge in [-0.05, 0) is 24.9 Å². The van der Waals surface area contributed by atoms with Crippen LogP contribution in [0.3, 0.4) is 0 Å². The second-order valence-corrected chi connectivity index (χ2v) is 5.75. The van der Waals surface area contributed by atoms with Crippen LogP contribution in [0.4, 0.5) is 10.8 Å². The number of nitrogens with two attached hydrogens (primary N) is 1. The molecule has 1 unspecified atom stereocenters. The lowest BCUT2D eigenvalue weighted by atomic mass is 10.1. The largest absolute Gasteiger partial charge is 0.348 e. The number of nitro benzene ring substituents is 1. The third-order valence-corrected chi connectivity index (χ3v) is 4.56. The van der Waals surface area contributed by atoms with E-state index in [0.717, 1.165) is 29.3 Å². The molecule has 2 aromatic rings. The lowest BCUT2D eigenvalue weighted by Gasteiger charge is -2.13. The standard InChI is InChI=1S/C12H14N4O2S/c13-6-8-3-4-15(7-8)12-14-10-5-9(16(17)18)1-2-11(10)19-12/h1-2,5,8H,3-4,6-7,13H2. The Morgan fingerprint density at radius 3 is 3.11 bits per heavy atom. The van der Waals surface area contributed by atoms with E-state index < -0.39 is 4.92 Å². The van der Waals surface area contributed by atoms with Crippen LogP contribution >= 0.6 is 11.3 Å². The molecule has 6 nitrogen and oxygen atoms in total. The van der Waals surface area contributed by atoms with E-state index in [1.807, 2.05) is 0 Å². The quantitative estimate of drug-likeness (QED) is 0.685. The first-order valence-electron chi connectivity index (χ1n) is 6.17. The Morgan fingerprint density at radius 2 is 2.42 bits per heavy atom. The number of nitrogens with zero attached hydrogens (tertiary/aromatic N) is 3. The smallest absolute Gasteiger partial charge is 0.271 e. The number of thiazole rings is 1.